The molecule has 0 aromatic carbocycles. The molecule has 4 nitrogen and oxygen atoms in total. The standard InChI is InChI=1S/C9H6ClF3N4/c10-6-1-7-15-3-5-8(17(7)16-6)4(2-14-5)9(11,12)13/h1,3-4,14H,2H2/t4-/m1/s1. The molecule has 0 unspecified atom stereocenters. The Labute approximate surface area is 98.4 Å². The molecule has 17 heavy (non-hydrogen) atoms. The molecule has 0 saturated heterocycles. The zero-order valence-electron chi connectivity index (χ0n) is 8.29. The Morgan fingerprint density at radius 1 is 1.47 bits per heavy atom. The Morgan fingerprint density at radius 2 is 2.24 bits per heavy atom. The molecule has 1 atom stereocenters. The van der Waals surface area contributed by atoms with Crippen LogP contribution in [-0.2, 0) is 0 Å². The lowest BCUT2D eigenvalue weighted by molar-refractivity contribution is -0.147. The van der Waals surface area contributed by atoms with E-state index in [1.165, 1.54) is 12.3 Å². The van der Waals surface area contributed by atoms with Crippen molar-refractivity contribution in [3.8, 4) is 0 Å². The van der Waals surface area contributed by atoms with Gasteiger partial charge in [-0.25, -0.2) is 9.50 Å². The summed E-state index contributed by atoms with van der Waals surface area (Å²) in [6.45, 7) is -0.197. The summed E-state index contributed by atoms with van der Waals surface area (Å²) in [6, 6.07) is 1.42. The summed E-state index contributed by atoms with van der Waals surface area (Å²) in [5, 5.41) is 6.62. The molecule has 2 aromatic heterocycles. The highest BCUT2D eigenvalue weighted by molar-refractivity contribution is 6.29. The maximum atomic E-state index is 12.8. The van der Waals surface area contributed by atoms with Gasteiger partial charge in [-0.15, -0.1) is 0 Å². The smallest absolute Gasteiger partial charge is 0.381 e. The summed E-state index contributed by atoms with van der Waals surface area (Å²) in [4.78, 5) is 3.98. The van der Waals surface area contributed by atoms with Gasteiger partial charge in [0.05, 0.1) is 17.6 Å². The van der Waals surface area contributed by atoms with Crippen molar-refractivity contribution in [2.24, 2.45) is 0 Å². The summed E-state index contributed by atoms with van der Waals surface area (Å²) >= 11 is 5.67. The van der Waals surface area contributed by atoms with Crippen LogP contribution in [0.3, 0.4) is 0 Å². The van der Waals surface area contributed by atoms with Gasteiger partial charge in [0.2, 0.25) is 0 Å². The Balaban J connectivity index is 2.27. The second kappa shape index (κ2) is 3.25. The number of aromatic nitrogens is 3. The predicted molar refractivity (Wildman–Crippen MR) is 55.3 cm³/mol. The maximum absolute atomic E-state index is 12.8. The third-order valence-electron chi connectivity index (χ3n) is 2.71. The van der Waals surface area contributed by atoms with Crippen molar-refractivity contribution in [1.82, 2.24) is 14.6 Å². The van der Waals surface area contributed by atoms with Gasteiger partial charge in [0.25, 0.3) is 0 Å². The molecule has 3 rings (SSSR count). The summed E-state index contributed by atoms with van der Waals surface area (Å²) in [5.74, 6) is -1.58. The highest BCUT2D eigenvalue weighted by atomic mass is 35.5. The van der Waals surface area contributed by atoms with E-state index in [1.54, 1.807) is 0 Å². The summed E-state index contributed by atoms with van der Waals surface area (Å²) < 4.78 is 39.7. The molecular weight excluding hydrogens is 257 g/mol. The molecule has 0 saturated carbocycles. The van der Waals surface area contributed by atoms with Crippen LogP contribution >= 0.6 is 11.6 Å². The van der Waals surface area contributed by atoms with Gasteiger partial charge in [-0.2, -0.15) is 18.3 Å². The third-order valence-corrected chi connectivity index (χ3v) is 2.90. The highest BCUT2D eigenvalue weighted by Crippen LogP contribution is 2.42. The molecule has 90 valence electrons. The van der Waals surface area contributed by atoms with Gasteiger partial charge in [-0.1, -0.05) is 11.6 Å². The molecule has 1 N–H and O–H groups in total. The van der Waals surface area contributed by atoms with Gasteiger partial charge in [0, 0.05) is 12.6 Å². The Morgan fingerprint density at radius 3 is 2.94 bits per heavy atom. The molecule has 3 heterocycles. The average molecular weight is 263 g/mol. The van der Waals surface area contributed by atoms with Crippen molar-refractivity contribution in [2.45, 2.75) is 12.1 Å². The second-order valence-corrected chi connectivity index (χ2v) is 4.16. The van der Waals surface area contributed by atoms with E-state index in [9.17, 15) is 13.2 Å². The van der Waals surface area contributed by atoms with E-state index in [2.05, 4.69) is 15.4 Å². The molecule has 1 aliphatic rings. The van der Waals surface area contributed by atoms with Gasteiger partial charge in [0.15, 0.2) is 10.8 Å². The van der Waals surface area contributed by atoms with Gasteiger partial charge >= 0.3 is 6.18 Å². The number of hydrogen-bond donors (Lipinski definition) is 1. The molecule has 0 spiro atoms. The number of rotatable bonds is 0. The first-order valence-corrected chi connectivity index (χ1v) is 5.19. The quantitative estimate of drug-likeness (QED) is 0.793. The number of nitrogens with zero attached hydrogens (tertiary/aromatic N) is 3. The number of alkyl halides is 3. The van der Waals surface area contributed by atoms with E-state index in [4.69, 9.17) is 11.6 Å². The molecule has 0 fully saturated rings. The number of nitrogens with one attached hydrogen (secondary N) is 1. The topological polar surface area (TPSA) is 42.2 Å². The Hall–Kier alpha value is -1.50. The highest BCUT2D eigenvalue weighted by Gasteiger charge is 2.46. The number of halogens is 4. The van der Waals surface area contributed by atoms with Crippen LogP contribution in [0.15, 0.2) is 12.3 Å². The van der Waals surface area contributed by atoms with Crippen LogP contribution in [0.2, 0.25) is 5.15 Å². The second-order valence-electron chi connectivity index (χ2n) is 3.77. The fourth-order valence-corrected chi connectivity index (χ4v) is 2.15. The van der Waals surface area contributed by atoms with Gasteiger partial charge in [-0.05, 0) is 0 Å². The zero-order chi connectivity index (χ0) is 12.2. The fourth-order valence-electron chi connectivity index (χ4n) is 1.97. The Bertz CT molecular complexity index is 592. The predicted octanol–water partition coefficient (Wildman–Crippen LogP) is 2.45. The molecular formula is C9H6ClF3N4. The maximum Gasteiger partial charge on any atom is 0.399 e. The monoisotopic (exact) mass is 262 g/mol. The van der Waals surface area contributed by atoms with E-state index in [-0.39, 0.29) is 17.4 Å². The van der Waals surface area contributed by atoms with E-state index >= 15 is 0 Å². The van der Waals surface area contributed by atoms with Crippen molar-refractivity contribution in [2.75, 3.05) is 11.9 Å². The molecule has 0 aliphatic carbocycles. The molecule has 2 aromatic rings. The molecule has 0 bridgehead atoms. The molecule has 0 radical (unpaired) electrons. The van der Waals surface area contributed by atoms with Crippen LogP contribution in [-0.4, -0.2) is 27.3 Å². The molecule has 0 amide bonds. The van der Waals surface area contributed by atoms with Crippen molar-refractivity contribution < 1.29 is 13.2 Å². The summed E-state index contributed by atoms with van der Waals surface area (Å²) in [6.07, 6.45) is -2.95. The first kappa shape index (κ1) is 10.6. The van der Waals surface area contributed by atoms with Crippen LogP contribution in [0.5, 0.6) is 0 Å². The molecule has 8 heteroatoms. The first-order valence-electron chi connectivity index (χ1n) is 4.81. The SMILES string of the molecule is FC(F)(F)[C@@H]1CNc2cnc3cc(Cl)nn3c21. The lowest BCUT2D eigenvalue weighted by Crippen LogP contribution is -2.24. The minimum Gasteiger partial charge on any atom is -0.381 e. The molecule has 1 aliphatic heterocycles. The van der Waals surface area contributed by atoms with Crippen molar-refractivity contribution >= 4 is 22.9 Å². The van der Waals surface area contributed by atoms with Gasteiger partial charge in [0.1, 0.15) is 5.92 Å². The third kappa shape index (κ3) is 1.53. The van der Waals surface area contributed by atoms with E-state index in [0.717, 1.165) is 4.52 Å². The van der Waals surface area contributed by atoms with Gasteiger partial charge < -0.3 is 5.32 Å². The fraction of sp³-hybridized carbons (Fsp3) is 0.333. The lowest BCUT2D eigenvalue weighted by Gasteiger charge is -2.14. The van der Waals surface area contributed by atoms with E-state index < -0.39 is 12.1 Å². The number of fused-ring (bicyclic) bond motifs is 3. The lowest BCUT2D eigenvalue weighted by atomic mass is 10.1. The van der Waals surface area contributed by atoms with Crippen LogP contribution in [0.25, 0.3) is 5.65 Å². The van der Waals surface area contributed by atoms with E-state index in [1.807, 2.05) is 0 Å². The minimum absolute atomic E-state index is 0.0643. The van der Waals surface area contributed by atoms with Crippen LogP contribution in [0, 0.1) is 0 Å². The minimum atomic E-state index is -4.31. The Kier molecular flexibility index (Phi) is 2.04. The summed E-state index contributed by atoms with van der Waals surface area (Å²) in [5.41, 5.74) is 0.723. The summed E-state index contributed by atoms with van der Waals surface area (Å²) in [7, 11) is 0. The normalized spacial score (nSPS) is 19.4. The zero-order valence-corrected chi connectivity index (χ0v) is 9.05. The number of anilines is 1. The van der Waals surface area contributed by atoms with Crippen molar-refractivity contribution in [1.29, 1.82) is 0 Å². The average Bonchev–Trinajstić information content (AvgIpc) is 2.76. The largest absolute Gasteiger partial charge is 0.399 e. The van der Waals surface area contributed by atoms with Crippen LogP contribution in [0.4, 0.5) is 18.9 Å². The van der Waals surface area contributed by atoms with Crippen molar-refractivity contribution in [3.63, 3.8) is 0 Å². The number of hydrogen-bond acceptors (Lipinski definition) is 3. The van der Waals surface area contributed by atoms with E-state index in [0.29, 0.717) is 11.3 Å². The van der Waals surface area contributed by atoms with Crippen molar-refractivity contribution in [3.05, 3.63) is 23.1 Å². The first-order chi connectivity index (χ1) is 7.97. The van der Waals surface area contributed by atoms with Gasteiger partial charge in [-0.3, -0.25) is 0 Å². The van der Waals surface area contributed by atoms with Crippen LogP contribution in [0.1, 0.15) is 11.6 Å². The van der Waals surface area contributed by atoms with Crippen LogP contribution < -0.4 is 5.32 Å².